The lowest BCUT2D eigenvalue weighted by molar-refractivity contribution is 0.00834. The number of amides is 2. The Morgan fingerprint density at radius 2 is 1.47 bits per heavy atom. The summed E-state index contributed by atoms with van der Waals surface area (Å²) in [7, 11) is 0. The molecule has 0 atom stereocenters. The zero-order chi connectivity index (χ0) is 10.5. The Morgan fingerprint density at radius 1 is 0.933 bits per heavy atom. The van der Waals surface area contributed by atoms with E-state index in [1.54, 1.807) is 4.90 Å². The van der Waals surface area contributed by atoms with Gasteiger partial charge in [0.1, 0.15) is 0 Å². The standard InChI is InChI=1S/C9H17N3O3/c13-9(11-1-5-14-6-2-11)10-12-3-7-15-8-4-12/h1-8H2,(H,10,13). The molecule has 2 amide bonds. The minimum Gasteiger partial charge on any atom is -0.379 e. The number of nitrogens with one attached hydrogen (secondary N) is 1. The summed E-state index contributed by atoms with van der Waals surface area (Å²) in [6, 6.07) is -0.0276. The Balaban J connectivity index is 1.74. The second-order valence-electron chi connectivity index (χ2n) is 3.62. The first-order chi connectivity index (χ1) is 7.36. The van der Waals surface area contributed by atoms with E-state index in [1.165, 1.54) is 0 Å². The van der Waals surface area contributed by atoms with Crippen LogP contribution in [-0.4, -0.2) is 68.5 Å². The van der Waals surface area contributed by atoms with Crippen LogP contribution in [0.1, 0.15) is 0 Å². The van der Waals surface area contributed by atoms with Gasteiger partial charge in [0.2, 0.25) is 0 Å². The minimum absolute atomic E-state index is 0.0276. The first kappa shape index (κ1) is 10.7. The van der Waals surface area contributed by atoms with E-state index < -0.39 is 0 Å². The summed E-state index contributed by atoms with van der Waals surface area (Å²) in [5.41, 5.74) is 2.87. The molecule has 6 nitrogen and oxygen atoms in total. The Morgan fingerprint density at radius 3 is 2.07 bits per heavy atom. The minimum atomic E-state index is -0.0276. The Labute approximate surface area is 89.1 Å². The molecule has 0 spiro atoms. The number of hydrogen-bond acceptors (Lipinski definition) is 4. The molecule has 2 aliphatic heterocycles. The van der Waals surface area contributed by atoms with Crippen LogP contribution < -0.4 is 5.43 Å². The van der Waals surface area contributed by atoms with Crippen molar-refractivity contribution in [2.75, 3.05) is 52.6 Å². The van der Waals surface area contributed by atoms with Crippen LogP contribution in [0.4, 0.5) is 4.79 Å². The van der Waals surface area contributed by atoms with E-state index in [2.05, 4.69) is 5.43 Å². The topological polar surface area (TPSA) is 54.0 Å². The Kier molecular flexibility index (Phi) is 3.76. The van der Waals surface area contributed by atoms with Crippen LogP contribution in [0, 0.1) is 0 Å². The van der Waals surface area contributed by atoms with Crippen molar-refractivity contribution >= 4 is 6.03 Å². The maximum absolute atomic E-state index is 11.7. The molecule has 86 valence electrons. The third-order valence-corrected chi connectivity index (χ3v) is 2.56. The summed E-state index contributed by atoms with van der Waals surface area (Å²) in [6.07, 6.45) is 0. The normalized spacial score (nSPS) is 23.9. The number of morpholine rings is 2. The average molecular weight is 215 g/mol. The molecule has 2 aliphatic rings. The van der Waals surface area contributed by atoms with Gasteiger partial charge in [-0.3, -0.25) is 5.43 Å². The van der Waals surface area contributed by atoms with Gasteiger partial charge in [0.15, 0.2) is 0 Å². The first-order valence-corrected chi connectivity index (χ1v) is 5.32. The highest BCUT2D eigenvalue weighted by Crippen LogP contribution is 1.99. The predicted octanol–water partition coefficient (Wildman–Crippen LogP) is -0.725. The molecule has 0 aliphatic carbocycles. The number of urea groups is 1. The van der Waals surface area contributed by atoms with E-state index >= 15 is 0 Å². The number of rotatable bonds is 1. The van der Waals surface area contributed by atoms with E-state index in [0.717, 1.165) is 13.1 Å². The van der Waals surface area contributed by atoms with Gasteiger partial charge in [0.25, 0.3) is 0 Å². The lowest BCUT2D eigenvalue weighted by atomic mass is 10.4. The monoisotopic (exact) mass is 215 g/mol. The largest absolute Gasteiger partial charge is 0.379 e. The molecule has 0 aromatic heterocycles. The highest BCUT2D eigenvalue weighted by molar-refractivity contribution is 5.73. The van der Waals surface area contributed by atoms with Crippen molar-refractivity contribution in [2.45, 2.75) is 0 Å². The van der Waals surface area contributed by atoms with Crippen molar-refractivity contribution in [3.8, 4) is 0 Å². The lowest BCUT2D eigenvalue weighted by Crippen LogP contribution is -2.54. The summed E-state index contributed by atoms with van der Waals surface area (Å²) < 4.78 is 10.4. The molecule has 0 unspecified atom stereocenters. The Hall–Kier alpha value is -0.850. The number of carbonyl (C=O) groups excluding carboxylic acids is 1. The van der Waals surface area contributed by atoms with Crippen molar-refractivity contribution in [1.82, 2.24) is 15.3 Å². The van der Waals surface area contributed by atoms with Gasteiger partial charge in [0, 0.05) is 26.2 Å². The van der Waals surface area contributed by atoms with Crippen LogP contribution in [0.3, 0.4) is 0 Å². The summed E-state index contributed by atoms with van der Waals surface area (Å²) in [5.74, 6) is 0. The van der Waals surface area contributed by atoms with Gasteiger partial charge in [-0.25, -0.2) is 9.80 Å². The van der Waals surface area contributed by atoms with Crippen LogP contribution in [0.2, 0.25) is 0 Å². The number of carbonyl (C=O) groups is 1. The summed E-state index contributed by atoms with van der Waals surface area (Å²) in [5, 5.41) is 1.90. The molecule has 2 fully saturated rings. The predicted molar refractivity (Wildman–Crippen MR) is 53.3 cm³/mol. The molecule has 15 heavy (non-hydrogen) atoms. The third kappa shape index (κ3) is 3.05. The van der Waals surface area contributed by atoms with Crippen molar-refractivity contribution in [3.05, 3.63) is 0 Å². The SMILES string of the molecule is O=C(NN1CCOCC1)N1CCOCC1. The summed E-state index contributed by atoms with van der Waals surface area (Å²) in [4.78, 5) is 13.5. The molecule has 0 aromatic rings. The molecule has 0 aromatic carbocycles. The summed E-state index contributed by atoms with van der Waals surface area (Å²) in [6.45, 7) is 5.51. The summed E-state index contributed by atoms with van der Waals surface area (Å²) >= 11 is 0. The van der Waals surface area contributed by atoms with Crippen molar-refractivity contribution in [1.29, 1.82) is 0 Å². The molecule has 0 radical (unpaired) electrons. The average Bonchev–Trinajstić information content (AvgIpc) is 2.31. The van der Waals surface area contributed by atoms with Crippen molar-refractivity contribution in [3.63, 3.8) is 0 Å². The molecule has 2 rings (SSSR count). The van der Waals surface area contributed by atoms with E-state index in [0.29, 0.717) is 39.5 Å². The molecular formula is C9H17N3O3. The van der Waals surface area contributed by atoms with Gasteiger partial charge in [0.05, 0.1) is 26.4 Å². The second kappa shape index (κ2) is 5.29. The Bertz CT molecular complexity index is 213. The van der Waals surface area contributed by atoms with Crippen LogP contribution in [-0.2, 0) is 9.47 Å². The second-order valence-corrected chi connectivity index (χ2v) is 3.62. The molecular weight excluding hydrogens is 198 g/mol. The van der Waals surface area contributed by atoms with Crippen LogP contribution in [0.15, 0.2) is 0 Å². The third-order valence-electron chi connectivity index (χ3n) is 2.56. The lowest BCUT2D eigenvalue weighted by Gasteiger charge is -2.32. The smallest absolute Gasteiger partial charge is 0.332 e. The van der Waals surface area contributed by atoms with Gasteiger partial charge in [-0.15, -0.1) is 0 Å². The van der Waals surface area contributed by atoms with E-state index in [4.69, 9.17) is 9.47 Å². The van der Waals surface area contributed by atoms with Gasteiger partial charge in [-0.1, -0.05) is 0 Å². The van der Waals surface area contributed by atoms with Crippen LogP contribution >= 0.6 is 0 Å². The zero-order valence-corrected chi connectivity index (χ0v) is 8.78. The van der Waals surface area contributed by atoms with Gasteiger partial charge in [-0.05, 0) is 0 Å². The fraction of sp³-hybridized carbons (Fsp3) is 0.889. The molecule has 2 heterocycles. The van der Waals surface area contributed by atoms with Gasteiger partial charge < -0.3 is 14.4 Å². The molecule has 0 saturated carbocycles. The maximum atomic E-state index is 11.7. The van der Waals surface area contributed by atoms with E-state index in [-0.39, 0.29) is 6.03 Å². The van der Waals surface area contributed by atoms with Crippen molar-refractivity contribution < 1.29 is 14.3 Å². The fourth-order valence-electron chi connectivity index (χ4n) is 1.65. The van der Waals surface area contributed by atoms with E-state index in [1.807, 2.05) is 5.01 Å². The van der Waals surface area contributed by atoms with Gasteiger partial charge in [-0.2, -0.15) is 0 Å². The van der Waals surface area contributed by atoms with Gasteiger partial charge >= 0.3 is 6.03 Å². The van der Waals surface area contributed by atoms with Crippen LogP contribution in [0.25, 0.3) is 0 Å². The highest BCUT2D eigenvalue weighted by Gasteiger charge is 2.19. The number of nitrogens with zero attached hydrogens (tertiary/aromatic N) is 2. The van der Waals surface area contributed by atoms with E-state index in [9.17, 15) is 4.79 Å². The molecule has 6 heteroatoms. The number of ether oxygens (including phenoxy) is 2. The first-order valence-electron chi connectivity index (χ1n) is 5.32. The highest BCUT2D eigenvalue weighted by atomic mass is 16.5. The molecule has 1 N–H and O–H groups in total. The maximum Gasteiger partial charge on any atom is 0.332 e. The number of hydrogen-bond donors (Lipinski definition) is 1. The van der Waals surface area contributed by atoms with Crippen molar-refractivity contribution in [2.24, 2.45) is 0 Å². The molecule has 0 bridgehead atoms. The van der Waals surface area contributed by atoms with Crippen LogP contribution in [0.5, 0.6) is 0 Å². The number of hydrazine groups is 1. The zero-order valence-electron chi connectivity index (χ0n) is 8.78. The quantitative estimate of drug-likeness (QED) is 0.627. The fourth-order valence-corrected chi connectivity index (χ4v) is 1.65. The molecule has 2 saturated heterocycles.